The highest BCUT2D eigenvalue weighted by Gasteiger charge is 2.16. The molecule has 0 atom stereocenters. The van der Waals surface area contributed by atoms with Crippen LogP contribution in [0.2, 0.25) is 5.02 Å². The first-order valence-corrected chi connectivity index (χ1v) is 6.52. The number of hydrogen-bond acceptors (Lipinski definition) is 2. The fourth-order valence-corrected chi connectivity index (χ4v) is 2.39. The highest BCUT2D eigenvalue weighted by atomic mass is 35.5. The van der Waals surface area contributed by atoms with Crippen LogP contribution in [-0.2, 0) is 0 Å². The van der Waals surface area contributed by atoms with Gasteiger partial charge >= 0.3 is 5.97 Å². The number of nitrogens with zero attached hydrogens (tertiary/aromatic N) is 1. The van der Waals surface area contributed by atoms with Gasteiger partial charge in [0.1, 0.15) is 17.2 Å². The van der Waals surface area contributed by atoms with Crippen LogP contribution < -0.4 is 0 Å². The topological polar surface area (TPSA) is 66.0 Å². The average molecular weight is 305 g/mol. The van der Waals surface area contributed by atoms with Crippen molar-refractivity contribution in [3.63, 3.8) is 0 Å². The Kier molecular flexibility index (Phi) is 3.14. The molecule has 21 heavy (non-hydrogen) atoms. The van der Waals surface area contributed by atoms with Gasteiger partial charge in [0.2, 0.25) is 0 Å². The lowest BCUT2D eigenvalue weighted by Crippen LogP contribution is -1.98. The second kappa shape index (κ2) is 4.86. The second-order valence-corrected chi connectivity index (χ2v) is 5.14. The fourth-order valence-electron chi connectivity index (χ4n) is 2.22. The number of rotatable bonds is 2. The number of H-pyrrole nitrogens is 1. The Balaban J connectivity index is 2.28. The minimum atomic E-state index is -1.22. The van der Waals surface area contributed by atoms with E-state index in [0.29, 0.717) is 16.4 Å². The Hall–Kier alpha value is -2.40. The third-order valence-corrected chi connectivity index (χ3v) is 3.47. The summed E-state index contributed by atoms with van der Waals surface area (Å²) < 4.78 is 13.5. The minimum absolute atomic E-state index is 0.174. The van der Waals surface area contributed by atoms with Crippen LogP contribution in [0.5, 0.6) is 0 Å². The van der Waals surface area contributed by atoms with E-state index < -0.39 is 11.8 Å². The van der Waals surface area contributed by atoms with Gasteiger partial charge in [-0.2, -0.15) is 0 Å². The van der Waals surface area contributed by atoms with Crippen molar-refractivity contribution in [2.75, 3.05) is 0 Å². The van der Waals surface area contributed by atoms with Crippen LogP contribution in [-0.4, -0.2) is 21.0 Å². The Morgan fingerprint density at radius 1 is 1.33 bits per heavy atom. The molecule has 1 heterocycles. The predicted molar refractivity (Wildman–Crippen MR) is 78.2 cm³/mol. The maximum Gasteiger partial charge on any atom is 0.338 e. The number of aryl methyl sites for hydroxylation is 1. The van der Waals surface area contributed by atoms with Crippen LogP contribution in [0.3, 0.4) is 0 Å². The summed E-state index contributed by atoms with van der Waals surface area (Å²) in [5, 5.41) is 9.69. The van der Waals surface area contributed by atoms with Crippen molar-refractivity contribution in [2.45, 2.75) is 6.92 Å². The summed E-state index contributed by atoms with van der Waals surface area (Å²) in [7, 11) is 0. The van der Waals surface area contributed by atoms with Gasteiger partial charge < -0.3 is 10.1 Å². The Labute approximate surface area is 124 Å². The average Bonchev–Trinajstić information content (AvgIpc) is 2.83. The van der Waals surface area contributed by atoms with Gasteiger partial charge in [-0.05, 0) is 36.8 Å². The van der Waals surface area contributed by atoms with Crippen LogP contribution in [0.25, 0.3) is 22.4 Å². The number of aromatic nitrogens is 2. The highest BCUT2D eigenvalue weighted by Crippen LogP contribution is 2.28. The largest absolute Gasteiger partial charge is 0.478 e. The minimum Gasteiger partial charge on any atom is -0.478 e. The van der Waals surface area contributed by atoms with E-state index in [1.54, 1.807) is 12.1 Å². The molecular formula is C15H10ClFN2O2. The molecule has 1 aromatic heterocycles. The molecule has 0 radical (unpaired) electrons. The van der Waals surface area contributed by atoms with Crippen molar-refractivity contribution in [3.05, 3.63) is 52.3 Å². The molecular weight excluding hydrogens is 295 g/mol. The maximum absolute atomic E-state index is 13.5. The van der Waals surface area contributed by atoms with Gasteiger partial charge in [0.05, 0.1) is 11.1 Å². The van der Waals surface area contributed by atoms with Crippen molar-refractivity contribution in [2.24, 2.45) is 0 Å². The molecule has 106 valence electrons. The highest BCUT2D eigenvalue weighted by molar-refractivity contribution is 6.30. The molecule has 0 saturated carbocycles. The molecule has 0 spiro atoms. The molecule has 3 aromatic rings. The normalized spacial score (nSPS) is 11.0. The molecule has 2 aromatic carbocycles. The van der Waals surface area contributed by atoms with Crippen molar-refractivity contribution in [1.82, 2.24) is 9.97 Å². The molecule has 0 unspecified atom stereocenters. The molecule has 0 amide bonds. The molecule has 0 aliphatic heterocycles. The van der Waals surface area contributed by atoms with E-state index in [2.05, 4.69) is 9.97 Å². The SMILES string of the molecule is Cc1ccc(Cl)cc1-c1nc2c(C(=O)O)cc(F)cc2[nH]1. The third kappa shape index (κ3) is 2.36. The number of carbonyl (C=O) groups is 1. The van der Waals surface area contributed by atoms with Gasteiger partial charge in [0, 0.05) is 10.6 Å². The first kappa shape index (κ1) is 13.6. The van der Waals surface area contributed by atoms with Gasteiger partial charge in [0.15, 0.2) is 0 Å². The Morgan fingerprint density at radius 2 is 2.10 bits per heavy atom. The lowest BCUT2D eigenvalue weighted by molar-refractivity contribution is 0.0698. The number of carboxylic acids is 1. The molecule has 0 fully saturated rings. The van der Waals surface area contributed by atoms with Crippen molar-refractivity contribution >= 4 is 28.6 Å². The molecule has 0 saturated heterocycles. The molecule has 4 nitrogen and oxygen atoms in total. The van der Waals surface area contributed by atoms with E-state index in [9.17, 15) is 9.18 Å². The van der Waals surface area contributed by atoms with Gasteiger partial charge in [-0.1, -0.05) is 17.7 Å². The summed E-state index contributed by atoms with van der Waals surface area (Å²) in [6.45, 7) is 1.89. The van der Waals surface area contributed by atoms with E-state index in [1.807, 2.05) is 13.0 Å². The molecule has 0 aliphatic carbocycles. The first-order chi connectivity index (χ1) is 9.95. The lowest BCUT2D eigenvalue weighted by Gasteiger charge is -2.02. The number of benzene rings is 2. The molecule has 0 aliphatic rings. The molecule has 0 bridgehead atoms. The van der Waals surface area contributed by atoms with Gasteiger partial charge in [-0.25, -0.2) is 14.2 Å². The number of halogens is 2. The fraction of sp³-hybridized carbons (Fsp3) is 0.0667. The maximum atomic E-state index is 13.5. The summed E-state index contributed by atoms with van der Waals surface area (Å²) in [6, 6.07) is 7.50. The number of aromatic carboxylic acids is 1. The number of fused-ring (bicyclic) bond motifs is 1. The van der Waals surface area contributed by atoms with E-state index in [-0.39, 0.29) is 11.1 Å². The monoisotopic (exact) mass is 304 g/mol. The van der Waals surface area contributed by atoms with E-state index >= 15 is 0 Å². The van der Waals surface area contributed by atoms with Crippen molar-refractivity contribution < 1.29 is 14.3 Å². The summed E-state index contributed by atoms with van der Waals surface area (Å²) in [4.78, 5) is 18.4. The van der Waals surface area contributed by atoms with E-state index in [0.717, 1.165) is 17.2 Å². The van der Waals surface area contributed by atoms with Crippen LogP contribution in [0, 0.1) is 12.7 Å². The molecule has 6 heteroatoms. The Bertz CT molecular complexity index is 873. The number of nitrogens with one attached hydrogen (secondary N) is 1. The van der Waals surface area contributed by atoms with Crippen LogP contribution in [0.15, 0.2) is 30.3 Å². The zero-order chi connectivity index (χ0) is 15.1. The number of imidazole rings is 1. The lowest BCUT2D eigenvalue weighted by atomic mass is 10.1. The number of hydrogen-bond donors (Lipinski definition) is 2. The second-order valence-electron chi connectivity index (χ2n) is 4.70. The smallest absolute Gasteiger partial charge is 0.338 e. The third-order valence-electron chi connectivity index (χ3n) is 3.24. The molecule has 2 N–H and O–H groups in total. The summed E-state index contributed by atoms with van der Waals surface area (Å²) in [5.41, 5.74) is 2.05. The van der Waals surface area contributed by atoms with Gasteiger partial charge in [-0.15, -0.1) is 0 Å². The quantitative estimate of drug-likeness (QED) is 0.751. The van der Waals surface area contributed by atoms with Crippen molar-refractivity contribution in [3.8, 4) is 11.4 Å². The molecule has 3 rings (SSSR count). The van der Waals surface area contributed by atoms with E-state index in [4.69, 9.17) is 16.7 Å². The Morgan fingerprint density at radius 3 is 2.81 bits per heavy atom. The number of carboxylic acid groups (broad SMARTS) is 1. The first-order valence-electron chi connectivity index (χ1n) is 6.15. The van der Waals surface area contributed by atoms with Crippen LogP contribution in [0.4, 0.5) is 4.39 Å². The summed E-state index contributed by atoms with van der Waals surface area (Å²) in [5.74, 6) is -1.39. The zero-order valence-corrected chi connectivity index (χ0v) is 11.7. The standard InChI is InChI=1S/C15H10ClFN2O2/c1-7-2-3-8(16)4-10(7)14-18-12-6-9(17)5-11(15(20)21)13(12)19-14/h2-6H,1H3,(H,18,19)(H,20,21). The van der Waals surface area contributed by atoms with E-state index in [1.165, 1.54) is 6.07 Å². The van der Waals surface area contributed by atoms with Crippen LogP contribution in [0.1, 0.15) is 15.9 Å². The van der Waals surface area contributed by atoms with Gasteiger partial charge in [0.25, 0.3) is 0 Å². The summed E-state index contributed by atoms with van der Waals surface area (Å²) >= 11 is 5.98. The summed E-state index contributed by atoms with van der Waals surface area (Å²) in [6.07, 6.45) is 0. The number of aromatic amines is 1. The van der Waals surface area contributed by atoms with Crippen LogP contribution >= 0.6 is 11.6 Å². The van der Waals surface area contributed by atoms with Gasteiger partial charge in [-0.3, -0.25) is 0 Å². The zero-order valence-electron chi connectivity index (χ0n) is 10.9. The predicted octanol–water partition coefficient (Wildman–Crippen LogP) is 4.03. The van der Waals surface area contributed by atoms with Crippen molar-refractivity contribution in [1.29, 1.82) is 0 Å².